The number of hydrogen-bond acceptors (Lipinski definition) is 2. The Morgan fingerprint density at radius 2 is 1.73 bits per heavy atom. The van der Waals surface area contributed by atoms with Crippen molar-refractivity contribution in [3.8, 4) is 0 Å². The van der Waals surface area contributed by atoms with Crippen molar-refractivity contribution in [2.45, 2.75) is 13.0 Å². The lowest BCUT2D eigenvalue weighted by molar-refractivity contribution is -0.143. The van der Waals surface area contributed by atoms with Gasteiger partial charge in [-0.2, -0.15) is 0 Å². The number of esters is 1. The molecule has 0 N–H and O–H groups in total. The predicted molar refractivity (Wildman–Crippen MR) is 57.4 cm³/mol. The van der Waals surface area contributed by atoms with Crippen molar-refractivity contribution >= 4 is 16.7 Å². The van der Waals surface area contributed by atoms with Gasteiger partial charge in [0.15, 0.2) is 0 Å². The summed E-state index contributed by atoms with van der Waals surface area (Å²) < 4.78 is 5.14. The summed E-state index contributed by atoms with van der Waals surface area (Å²) in [6.07, 6.45) is 0.383. The first-order chi connectivity index (χ1) is 7.34. The Morgan fingerprint density at radius 1 is 1.00 bits per heavy atom. The number of cyclic esters (lactones) is 1. The molecule has 0 saturated carbocycles. The highest BCUT2D eigenvalue weighted by Gasteiger charge is 2.15. The lowest BCUT2D eigenvalue weighted by Crippen LogP contribution is -2.04. The van der Waals surface area contributed by atoms with E-state index in [1.807, 2.05) is 24.3 Å². The molecule has 0 spiro atoms. The third-order valence-electron chi connectivity index (χ3n) is 2.80. The smallest absolute Gasteiger partial charge is 0.310 e. The molecule has 1 aliphatic rings. The molecule has 1 heterocycles. The van der Waals surface area contributed by atoms with E-state index in [9.17, 15) is 4.79 Å². The van der Waals surface area contributed by atoms with Crippen LogP contribution in [0.25, 0.3) is 10.8 Å². The summed E-state index contributed by atoms with van der Waals surface area (Å²) >= 11 is 0. The molecule has 2 nitrogen and oxygen atoms in total. The third-order valence-corrected chi connectivity index (χ3v) is 2.80. The summed E-state index contributed by atoms with van der Waals surface area (Å²) in [7, 11) is 0. The second kappa shape index (κ2) is 3.09. The number of carbonyl (C=O) groups is 1. The molecule has 0 aliphatic carbocycles. The van der Waals surface area contributed by atoms with Crippen LogP contribution >= 0.6 is 0 Å². The monoisotopic (exact) mass is 198 g/mol. The van der Waals surface area contributed by atoms with E-state index < -0.39 is 0 Å². The van der Waals surface area contributed by atoms with E-state index in [2.05, 4.69) is 12.1 Å². The lowest BCUT2D eigenvalue weighted by Gasteiger charge is -2.05. The fourth-order valence-electron chi connectivity index (χ4n) is 2.13. The Morgan fingerprint density at radius 3 is 2.53 bits per heavy atom. The molecule has 3 rings (SSSR count). The first-order valence-electron chi connectivity index (χ1n) is 5.00. The van der Waals surface area contributed by atoms with E-state index >= 15 is 0 Å². The van der Waals surface area contributed by atoms with Crippen molar-refractivity contribution in [2.24, 2.45) is 0 Å². The van der Waals surface area contributed by atoms with Gasteiger partial charge in [0.2, 0.25) is 0 Å². The molecule has 0 atom stereocenters. The molecule has 0 amide bonds. The number of benzene rings is 2. The molecule has 0 aromatic heterocycles. The molecule has 0 saturated heterocycles. The zero-order valence-electron chi connectivity index (χ0n) is 8.19. The van der Waals surface area contributed by atoms with Gasteiger partial charge in [-0.1, -0.05) is 36.4 Å². The number of ether oxygens (including phenoxy) is 1. The van der Waals surface area contributed by atoms with Crippen molar-refractivity contribution < 1.29 is 9.53 Å². The van der Waals surface area contributed by atoms with Crippen LogP contribution < -0.4 is 0 Å². The largest absolute Gasteiger partial charge is 0.461 e. The van der Waals surface area contributed by atoms with Gasteiger partial charge in [0.25, 0.3) is 0 Å². The van der Waals surface area contributed by atoms with Crippen LogP contribution in [0.15, 0.2) is 36.4 Å². The predicted octanol–water partition coefficient (Wildman–Crippen LogP) is 2.44. The SMILES string of the molecule is O=C1Cc2cccc3cccc(c23)CO1. The van der Waals surface area contributed by atoms with Crippen molar-refractivity contribution in [1.29, 1.82) is 0 Å². The second-order valence-corrected chi connectivity index (χ2v) is 3.77. The van der Waals surface area contributed by atoms with Crippen LogP contribution in [0.5, 0.6) is 0 Å². The molecule has 0 radical (unpaired) electrons. The second-order valence-electron chi connectivity index (χ2n) is 3.77. The Labute approximate surface area is 87.5 Å². The Kier molecular flexibility index (Phi) is 1.75. The first-order valence-corrected chi connectivity index (χ1v) is 5.00. The maximum absolute atomic E-state index is 11.4. The highest BCUT2D eigenvalue weighted by Crippen LogP contribution is 2.26. The minimum absolute atomic E-state index is 0.140. The van der Waals surface area contributed by atoms with E-state index in [4.69, 9.17) is 4.74 Å². The van der Waals surface area contributed by atoms with Gasteiger partial charge in [0, 0.05) is 0 Å². The Balaban J connectivity index is 2.38. The van der Waals surface area contributed by atoms with E-state index in [0.717, 1.165) is 11.1 Å². The number of rotatable bonds is 0. The van der Waals surface area contributed by atoms with Gasteiger partial charge in [-0.05, 0) is 21.9 Å². The quantitative estimate of drug-likeness (QED) is 0.608. The summed E-state index contributed by atoms with van der Waals surface area (Å²) in [5, 5.41) is 2.37. The van der Waals surface area contributed by atoms with Gasteiger partial charge in [-0.15, -0.1) is 0 Å². The minimum atomic E-state index is -0.140. The molecule has 1 aliphatic heterocycles. The molecule has 0 fully saturated rings. The molecule has 15 heavy (non-hydrogen) atoms. The maximum Gasteiger partial charge on any atom is 0.310 e. The molecule has 2 aromatic rings. The number of hydrogen-bond donors (Lipinski definition) is 0. The van der Waals surface area contributed by atoms with Crippen molar-refractivity contribution in [1.82, 2.24) is 0 Å². The van der Waals surface area contributed by atoms with Gasteiger partial charge < -0.3 is 4.74 Å². The van der Waals surface area contributed by atoms with E-state index in [0.29, 0.717) is 13.0 Å². The van der Waals surface area contributed by atoms with Crippen molar-refractivity contribution in [3.63, 3.8) is 0 Å². The van der Waals surface area contributed by atoms with E-state index in [1.165, 1.54) is 10.8 Å². The van der Waals surface area contributed by atoms with Crippen molar-refractivity contribution in [3.05, 3.63) is 47.5 Å². The standard InChI is InChI=1S/C13H10O2/c14-12-7-10-5-1-3-9-4-2-6-11(8-15-12)13(9)10/h1-6H,7-8H2. The van der Waals surface area contributed by atoms with Crippen LogP contribution in [-0.4, -0.2) is 5.97 Å². The van der Waals surface area contributed by atoms with Gasteiger partial charge in [0.1, 0.15) is 6.61 Å². The molecule has 74 valence electrons. The highest BCUT2D eigenvalue weighted by atomic mass is 16.5. The molecular formula is C13H10O2. The number of carbonyl (C=O) groups excluding carboxylic acids is 1. The van der Waals surface area contributed by atoms with Crippen LogP contribution in [0.3, 0.4) is 0 Å². The minimum Gasteiger partial charge on any atom is -0.461 e. The summed E-state index contributed by atoms with van der Waals surface area (Å²) in [6, 6.07) is 12.1. The molecule has 0 bridgehead atoms. The van der Waals surface area contributed by atoms with Gasteiger partial charge in [0.05, 0.1) is 6.42 Å². The van der Waals surface area contributed by atoms with Crippen molar-refractivity contribution in [2.75, 3.05) is 0 Å². The van der Waals surface area contributed by atoms with Crippen LogP contribution in [0.1, 0.15) is 11.1 Å². The Hall–Kier alpha value is -1.83. The molecule has 2 aromatic carbocycles. The molecule has 2 heteroatoms. The maximum atomic E-state index is 11.4. The Bertz CT molecular complexity index is 538. The topological polar surface area (TPSA) is 26.3 Å². The van der Waals surface area contributed by atoms with Gasteiger partial charge in [-0.3, -0.25) is 4.79 Å². The van der Waals surface area contributed by atoms with E-state index in [-0.39, 0.29) is 5.97 Å². The summed E-state index contributed by atoms with van der Waals surface area (Å²) in [5.74, 6) is -0.140. The average molecular weight is 198 g/mol. The highest BCUT2D eigenvalue weighted by molar-refractivity contribution is 5.92. The molecule has 0 unspecified atom stereocenters. The van der Waals surface area contributed by atoms with Crippen LogP contribution in [-0.2, 0) is 22.6 Å². The fraction of sp³-hybridized carbons (Fsp3) is 0.154. The summed E-state index contributed by atoms with van der Waals surface area (Å²) in [6.45, 7) is 0.396. The van der Waals surface area contributed by atoms with Gasteiger partial charge >= 0.3 is 5.97 Å². The average Bonchev–Trinajstić information content (AvgIpc) is 2.41. The molecular weight excluding hydrogens is 188 g/mol. The third kappa shape index (κ3) is 1.30. The van der Waals surface area contributed by atoms with Crippen LogP contribution in [0.4, 0.5) is 0 Å². The van der Waals surface area contributed by atoms with E-state index in [1.54, 1.807) is 0 Å². The lowest BCUT2D eigenvalue weighted by atomic mass is 9.99. The van der Waals surface area contributed by atoms with Crippen LogP contribution in [0, 0.1) is 0 Å². The zero-order chi connectivity index (χ0) is 10.3. The van der Waals surface area contributed by atoms with Gasteiger partial charge in [-0.25, -0.2) is 0 Å². The normalized spacial score (nSPS) is 14.8. The fourth-order valence-corrected chi connectivity index (χ4v) is 2.13. The summed E-state index contributed by atoms with van der Waals surface area (Å²) in [4.78, 5) is 11.4. The zero-order valence-corrected chi connectivity index (χ0v) is 8.19. The summed E-state index contributed by atoms with van der Waals surface area (Å²) in [5.41, 5.74) is 2.18. The first kappa shape index (κ1) is 8.48. The van der Waals surface area contributed by atoms with Crippen LogP contribution in [0.2, 0.25) is 0 Å².